The number of fused-ring (bicyclic) bond motifs is 1. The molecule has 3 aromatic rings. The molecule has 0 saturated carbocycles. The van der Waals surface area contributed by atoms with Crippen LogP contribution in [-0.2, 0) is 0 Å². The van der Waals surface area contributed by atoms with E-state index in [0.29, 0.717) is 5.76 Å². The Bertz CT molecular complexity index is 683. The van der Waals surface area contributed by atoms with Gasteiger partial charge in [-0.05, 0) is 18.2 Å². The number of pyridine rings is 1. The number of nitro benzene ring substituents is 1. The molecular formula is C13H9N2O3+. The Morgan fingerprint density at radius 3 is 2.56 bits per heavy atom. The van der Waals surface area contributed by atoms with Crippen molar-refractivity contribution in [3.05, 3.63) is 65.0 Å². The smallest absolute Gasteiger partial charge is 0.379 e. The molecule has 0 atom stereocenters. The molecule has 0 spiro atoms. The molecule has 5 nitrogen and oxygen atoms in total. The maximum atomic E-state index is 10.6. The highest BCUT2D eigenvalue weighted by atomic mass is 16.6. The van der Waals surface area contributed by atoms with Crippen molar-refractivity contribution in [2.45, 2.75) is 0 Å². The fraction of sp³-hybridized carbons (Fsp3) is 0. The van der Waals surface area contributed by atoms with Crippen molar-refractivity contribution in [2.24, 2.45) is 0 Å². The first-order valence-electron chi connectivity index (χ1n) is 5.39. The molecule has 0 radical (unpaired) electrons. The summed E-state index contributed by atoms with van der Waals surface area (Å²) in [5.74, 6) is 0.677. The summed E-state index contributed by atoms with van der Waals surface area (Å²) >= 11 is 0. The van der Waals surface area contributed by atoms with Crippen molar-refractivity contribution >= 4 is 11.4 Å². The van der Waals surface area contributed by atoms with Crippen LogP contribution in [0.3, 0.4) is 0 Å². The minimum Gasteiger partial charge on any atom is -0.398 e. The average molecular weight is 241 g/mol. The SMILES string of the molecule is O=[N+]([O-])c1ccc(-c2c[n+]3ccccc3o2)cc1. The van der Waals surface area contributed by atoms with Gasteiger partial charge in [-0.15, -0.1) is 4.40 Å². The van der Waals surface area contributed by atoms with Crippen LogP contribution in [0.2, 0.25) is 0 Å². The van der Waals surface area contributed by atoms with Crippen molar-refractivity contribution in [3.63, 3.8) is 0 Å². The van der Waals surface area contributed by atoms with Gasteiger partial charge in [0.05, 0.1) is 11.0 Å². The zero-order valence-corrected chi connectivity index (χ0v) is 9.32. The van der Waals surface area contributed by atoms with E-state index in [1.165, 1.54) is 12.1 Å². The highest BCUT2D eigenvalue weighted by molar-refractivity contribution is 5.58. The van der Waals surface area contributed by atoms with Gasteiger partial charge in [0.2, 0.25) is 12.0 Å². The van der Waals surface area contributed by atoms with Crippen LogP contribution in [0.1, 0.15) is 0 Å². The van der Waals surface area contributed by atoms with E-state index in [-0.39, 0.29) is 5.69 Å². The van der Waals surface area contributed by atoms with Crippen molar-refractivity contribution in [3.8, 4) is 11.3 Å². The number of rotatable bonds is 2. The summed E-state index contributed by atoms with van der Waals surface area (Å²) in [7, 11) is 0. The standard InChI is InChI=1S/C13H9N2O3/c16-15(17)11-6-4-10(5-7-11)12-9-14-8-2-1-3-13(14)18-12/h1-9H/q+1. The lowest BCUT2D eigenvalue weighted by molar-refractivity contribution is -0.513. The molecule has 0 aliphatic rings. The van der Waals surface area contributed by atoms with Gasteiger partial charge in [0.1, 0.15) is 0 Å². The predicted octanol–water partition coefficient (Wildman–Crippen LogP) is 2.59. The number of oxazole rings is 1. The normalized spacial score (nSPS) is 10.7. The van der Waals surface area contributed by atoms with Crippen LogP contribution in [-0.4, -0.2) is 4.92 Å². The molecule has 0 saturated heterocycles. The van der Waals surface area contributed by atoms with Crippen molar-refractivity contribution in [1.82, 2.24) is 0 Å². The van der Waals surface area contributed by atoms with Gasteiger partial charge in [0, 0.05) is 23.8 Å². The molecule has 0 aliphatic carbocycles. The van der Waals surface area contributed by atoms with Crippen LogP contribution in [0.5, 0.6) is 0 Å². The molecule has 1 aromatic carbocycles. The maximum absolute atomic E-state index is 10.6. The van der Waals surface area contributed by atoms with Gasteiger partial charge < -0.3 is 4.42 Å². The monoisotopic (exact) mass is 241 g/mol. The van der Waals surface area contributed by atoms with Crippen LogP contribution in [0.4, 0.5) is 5.69 Å². The number of aromatic nitrogens is 1. The van der Waals surface area contributed by atoms with Gasteiger partial charge in [-0.1, -0.05) is 0 Å². The fourth-order valence-corrected chi connectivity index (χ4v) is 1.78. The summed E-state index contributed by atoms with van der Waals surface area (Å²) in [6, 6.07) is 11.9. The van der Waals surface area contributed by atoms with E-state index in [1.54, 1.807) is 12.1 Å². The van der Waals surface area contributed by atoms with E-state index in [4.69, 9.17) is 4.42 Å². The number of benzene rings is 1. The third-order valence-corrected chi connectivity index (χ3v) is 2.68. The van der Waals surface area contributed by atoms with Gasteiger partial charge in [-0.25, -0.2) is 0 Å². The molecule has 0 unspecified atom stereocenters. The number of hydrogen-bond acceptors (Lipinski definition) is 3. The molecule has 0 bridgehead atoms. The lowest BCUT2D eigenvalue weighted by Crippen LogP contribution is -2.15. The summed E-state index contributed by atoms with van der Waals surface area (Å²) < 4.78 is 7.51. The number of nitrogens with zero attached hydrogens (tertiary/aromatic N) is 2. The van der Waals surface area contributed by atoms with E-state index in [9.17, 15) is 10.1 Å². The number of non-ortho nitro benzene ring substituents is 1. The second kappa shape index (κ2) is 3.96. The molecule has 5 heteroatoms. The third-order valence-electron chi connectivity index (χ3n) is 2.68. The molecule has 2 aromatic heterocycles. The Labute approximate surface area is 102 Å². The quantitative estimate of drug-likeness (QED) is 0.393. The summed E-state index contributed by atoms with van der Waals surface area (Å²) in [5.41, 5.74) is 1.61. The predicted molar refractivity (Wildman–Crippen MR) is 64.0 cm³/mol. The Kier molecular flexibility index (Phi) is 2.30. The Balaban J connectivity index is 2.06. The highest BCUT2D eigenvalue weighted by Gasteiger charge is 2.13. The van der Waals surface area contributed by atoms with E-state index in [2.05, 4.69) is 0 Å². The first-order chi connectivity index (χ1) is 8.74. The number of nitro groups is 1. The first-order valence-corrected chi connectivity index (χ1v) is 5.39. The molecule has 3 rings (SSSR count). The Hall–Kier alpha value is -2.69. The van der Waals surface area contributed by atoms with Crippen LogP contribution in [0, 0.1) is 10.1 Å². The van der Waals surface area contributed by atoms with Crippen LogP contribution >= 0.6 is 0 Å². The minimum absolute atomic E-state index is 0.0718. The third kappa shape index (κ3) is 1.71. The number of hydrogen-bond donors (Lipinski definition) is 0. The second-order valence-electron chi connectivity index (χ2n) is 3.85. The first kappa shape index (κ1) is 10.5. The molecule has 0 amide bonds. The largest absolute Gasteiger partial charge is 0.398 e. The molecule has 0 fully saturated rings. The van der Waals surface area contributed by atoms with E-state index >= 15 is 0 Å². The average Bonchev–Trinajstić information content (AvgIpc) is 2.82. The van der Waals surface area contributed by atoms with Gasteiger partial charge in [-0.2, -0.15) is 0 Å². The van der Waals surface area contributed by atoms with Crippen LogP contribution in [0.15, 0.2) is 59.3 Å². The zero-order chi connectivity index (χ0) is 12.5. The van der Waals surface area contributed by atoms with Gasteiger partial charge in [0.25, 0.3) is 5.69 Å². The van der Waals surface area contributed by atoms with Gasteiger partial charge in [0.15, 0.2) is 6.20 Å². The molecular weight excluding hydrogens is 232 g/mol. The summed E-state index contributed by atoms with van der Waals surface area (Å²) in [4.78, 5) is 10.1. The Morgan fingerprint density at radius 1 is 1.11 bits per heavy atom. The summed E-state index contributed by atoms with van der Waals surface area (Å²) in [6.07, 6.45) is 3.73. The van der Waals surface area contributed by atoms with E-state index < -0.39 is 4.92 Å². The topological polar surface area (TPSA) is 60.4 Å². The lowest BCUT2D eigenvalue weighted by Gasteiger charge is -1.93. The second-order valence-corrected chi connectivity index (χ2v) is 3.85. The lowest BCUT2D eigenvalue weighted by atomic mass is 10.2. The molecule has 0 aliphatic heterocycles. The van der Waals surface area contributed by atoms with Gasteiger partial charge >= 0.3 is 5.71 Å². The van der Waals surface area contributed by atoms with Crippen molar-refractivity contribution in [2.75, 3.05) is 0 Å². The maximum Gasteiger partial charge on any atom is 0.379 e. The van der Waals surface area contributed by atoms with Crippen LogP contribution in [0.25, 0.3) is 17.0 Å². The highest BCUT2D eigenvalue weighted by Crippen LogP contribution is 2.22. The minimum atomic E-state index is -0.419. The molecule has 0 N–H and O–H groups in total. The van der Waals surface area contributed by atoms with E-state index in [1.807, 2.05) is 35.0 Å². The zero-order valence-electron chi connectivity index (χ0n) is 9.32. The van der Waals surface area contributed by atoms with Gasteiger partial charge in [-0.3, -0.25) is 10.1 Å². The summed E-state index contributed by atoms with van der Waals surface area (Å²) in [6.45, 7) is 0. The van der Waals surface area contributed by atoms with Crippen molar-refractivity contribution < 1.29 is 13.7 Å². The summed E-state index contributed by atoms with van der Waals surface area (Å²) in [5, 5.41) is 10.6. The van der Waals surface area contributed by atoms with E-state index in [0.717, 1.165) is 11.3 Å². The Morgan fingerprint density at radius 2 is 1.89 bits per heavy atom. The molecule has 18 heavy (non-hydrogen) atoms. The fourth-order valence-electron chi connectivity index (χ4n) is 1.78. The van der Waals surface area contributed by atoms with Crippen LogP contribution < -0.4 is 4.40 Å². The molecule has 2 heterocycles. The molecule has 88 valence electrons. The van der Waals surface area contributed by atoms with Crippen molar-refractivity contribution in [1.29, 1.82) is 0 Å².